The summed E-state index contributed by atoms with van der Waals surface area (Å²) in [7, 11) is 0. The fourth-order valence-corrected chi connectivity index (χ4v) is 2.01. The van der Waals surface area contributed by atoms with E-state index in [-0.39, 0.29) is 6.61 Å². The van der Waals surface area contributed by atoms with E-state index in [1.165, 1.54) is 4.90 Å². The SMILES string of the molecule is O=C(O)N1CCN(c2ccc(CCO)cn2)CC1. The third kappa shape index (κ3) is 2.89. The molecule has 2 N–H and O–H groups in total. The molecule has 1 saturated heterocycles. The second kappa shape index (κ2) is 5.68. The lowest BCUT2D eigenvalue weighted by atomic mass is 10.2. The summed E-state index contributed by atoms with van der Waals surface area (Å²) >= 11 is 0. The maximum atomic E-state index is 10.8. The van der Waals surface area contributed by atoms with Crippen molar-refractivity contribution in [1.82, 2.24) is 9.88 Å². The van der Waals surface area contributed by atoms with Crippen LogP contribution in [0, 0.1) is 0 Å². The zero-order chi connectivity index (χ0) is 13.0. The van der Waals surface area contributed by atoms with Gasteiger partial charge in [-0.1, -0.05) is 6.07 Å². The molecule has 0 saturated carbocycles. The lowest BCUT2D eigenvalue weighted by Gasteiger charge is -2.33. The van der Waals surface area contributed by atoms with Crippen LogP contribution in [0.3, 0.4) is 0 Å². The fourth-order valence-electron chi connectivity index (χ4n) is 2.01. The van der Waals surface area contributed by atoms with Crippen molar-refractivity contribution in [3.8, 4) is 0 Å². The Hall–Kier alpha value is -1.82. The van der Waals surface area contributed by atoms with E-state index in [1.807, 2.05) is 12.1 Å². The second-order valence-electron chi connectivity index (χ2n) is 4.25. The molecule has 2 rings (SSSR count). The van der Waals surface area contributed by atoms with E-state index in [2.05, 4.69) is 9.88 Å². The topological polar surface area (TPSA) is 76.9 Å². The van der Waals surface area contributed by atoms with Gasteiger partial charge in [-0.25, -0.2) is 9.78 Å². The largest absolute Gasteiger partial charge is 0.465 e. The van der Waals surface area contributed by atoms with Gasteiger partial charge in [0.15, 0.2) is 0 Å². The Bertz CT molecular complexity index is 400. The van der Waals surface area contributed by atoms with Crippen LogP contribution in [-0.4, -0.2) is 59.0 Å². The Labute approximate surface area is 105 Å². The number of pyridine rings is 1. The van der Waals surface area contributed by atoms with Gasteiger partial charge < -0.3 is 20.0 Å². The lowest BCUT2D eigenvalue weighted by molar-refractivity contribution is 0.142. The molecule has 1 aromatic heterocycles. The zero-order valence-corrected chi connectivity index (χ0v) is 10.1. The van der Waals surface area contributed by atoms with Gasteiger partial charge in [-0.2, -0.15) is 0 Å². The van der Waals surface area contributed by atoms with Crippen LogP contribution < -0.4 is 4.90 Å². The summed E-state index contributed by atoms with van der Waals surface area (Å²) in [6.45, 7) is 2.47. The van der Waals surface area contributed by atoms with Gasteiger partial charge in [0.2, 0.25) is 0 Å². The number of piperazine rings is 1. The first kappa shape index (κ1) is 12.6. The van der Waals surface area contributed by atoms with Gasteiger partial charge in [-0.05, 0) is 18.1 Å². The number of rotatable bonds is 3. The number of aliphatic hydroxyl groups is 1. The van der Waals surface area contributed by atoms with E-state index in [1.54, 1.807) is 6.20 Å². The number of anilines is 1. The van der Waals surface area contributed by atoms with Gasteiger partial charge in [0.1, 0.15) is 5.82 Å². The molecule has 2 heterocycles. The van der Waals surface area contributed by atoms with Crippen LogP contribution >= 0.6 is 0 Å². The van der Waals surface area contributed by atoms with Crippen molar-refractivity contribution >= 4 is 11.9 Å². The highest BCUT2D eigenvalue weighted by Gasteiger charge is 2.20. The third-order valence-electron chi connectivity index (χ3n) is 3.08. The van der Waals surface area contributed by atoms with E-state index in [4.69, 9.17) is 10.2 Å². The van der Waals surface area contributed by atoms with E-state index >= 15 is 0 Å². The molecular formula is C12H17N3O3. The van der Waals surface area contributed by atoms with Crippen molar-refractivity contribution in [2.75, 3.05) is 37.7 Å². The fraction of sp³-hybridized carbons (Fsp3) is 0.500. The minimum absolute atomic E-state index is 0.123. The van der Waals surface area contributed by atoms with Crippen LogP contribution in [0.5, 0.6) is 0 Å². The quantitative estimate of drug-likeness (QED) is 0.814. The molecule has 0 bridgehead atoms. The van der Waals surface area contributed by atoms with Crippen LogP contribution in [0.15, 0.2) is 18.3 Å². The van der Waals surface area contributed by atoms with Gasteiger partial charge in [-0.3, -0.25) is 0 Å². The molecule has 0 aromatic carbocycles. The maximum Gasteiger partial charge on any atom is 0.407 e. The van der Waals surface area contributed by atoms with Gasteiger partial charge in [0.05, 0.1) is 0 Å². The third-order valence-corrected chi connectivity index (χ3v) is 3.08. The molecule has 1 aliphatic heterocycles. The van der Waals surface area contributed by atoms with Gasteiger partial charge in [0, 0.05) is 39.0 Å². The smallest absolute Gasteiger partial charge is 0.407 e. The molecule has 6 nitrogen and oxygen atoms in total. The van der Waals surface area contributed by atoms with Crippen molar-refractivity contribution in [2.24, 2.45) is 0 Å². The van der Waals surface area contributed by atoms with Gasteiger partial charge >= 0.3 is 6.09 Å². The maximum absolute atomic E-state index is 10.8. The van der Waals surface area contributed by atoms with Crippen LogP contribution in [0.2, 0.25) is 0 Å². The summed E-state index contributed by atoms with van der Waals surface area (Å²) in [6, 6.07) is 3.86. The van der Waals surface area contributed by atoms with Crippen LogP contribution in [0.1, 0.15) is 5.56 Å². The lowest BCUT2D eigenvalue weighted by Crippen LogP contribution is -2.48. The number of hydrogen-bond acceptors (Lipinski definition) is 4. The average Bonchev–Trinajstić information content (AvgIpc) is 2.40. The Morgan fingerprint density at radius 3 is 2.50 bits per heavy atom. The highest BCUT2D eigenvalue weighted by atomic mass is 16.4. The predicted octanol–water partition coefficient (Wildman–Crippen LogP) is 0.416. The molecule has 1 aliphatic rings. The number of hydrogen-bond donors (Lipinski definition) is 2. The molecule has 0 unspecified atom stereocenters. The standard InChI is InChI=1S/C12H17N3O3/c16-8-3-10-1-2-11(13-9-10)14-4-6-15(7-5-14)12(17)18/h1-2,9,16H,3-8H2,(H,17,18). The summed E-state index contributed by atoms with van der Waals surface area (Å²) in [5, 5.41) is 17.7. The molecule has 0 aliphatic carbocycles. The van der Waals surface area contributed by atoms with Crippen molar-refractivity contribution in [2.45, 2.75) is 6.42 Å². The number of aromatic nitrogens is 1. The molecule has 18 heavy (non-hydrogen) atoms. The van der Waals surface area contributed by atoms with Crippen LogP contribution in [0.4, 0.5) is 10.6 Å². The number of carboxylic acid groups (broad SMARTS) is 1. The molecule has 6 heteroatoms. The van der Waals surface area contributed by atoms with Crippen molar-refractivity contribution in [3.05, 3.63) is 23.9 Å². The van der Waals surface area contributed by atoms with E-state index < -0.39 is 6.09 Å². The Morgan fingerprint density at radius 1 is 1.28 bits per heavy atom. The van der Waals surface area contributed by atoms with Crippen LogP contribution in [-0.2, 0) is 6.42 Å². The van der Waals surface area contributed by atoms with Crippen molar-refractivity contribution in [1.29, 1.82) is 0 Å². The highest BCUT2D eigenvalue weighted by Crippen LogP contribution is 2.14. The first-order chi connectivity index (χ1) is 8.70. The van der Waals surface area contributed by atoms with Gasteiger partial charge in [-0.15, -0.1) is 0 Å². The molecule has 1 amide bonds. The first-order valence-electron chi connectivity index (χ1n) is 5.99. The second-order valence-corrected chi connectivity index (χ2v) is 4.25. The Kier molecular flexibility index (Phi) is 3.99. The minimum Gasteiger partial charge on any atom is -0.465 e. The summed E-state index contributed by atoms with van der Waals surface area (Å²) in [5.41, 5.74) is 1.01. The molecule has 0 spiro atoms. The number of aliphatic hydroxyl groups excluding tert-OH is 1. The molecule has 1 aromatic rings. The summed E-state index contributed by atoms with van der Waals surface area (Å²) in [5.74, 6) is 0.863. The predicted molar refractivity (Wildman–Crippen MR) is 66.8 cm³/mol. The molecule has 0 atom stereocenters. The Balaban J connectivity index is 1.95. The summed E-state index contributed by atoms with van der Waals surface area (Å²) in [6.07, 6.45) is 1.51. The Morgan fingerprint density at radius 2 is 2.00 bits per heavy atom. The highest BCUT2D eigenvalue weighted by molar-refractivity contribution is 5.65. The van der Waals surface area contributed by atoms with Crippen LogP contribution in [0.25, 0.3) is 0 Å². The van der Waals surface area contributed by atoms with Crippen molar-refractivity contribution in [3.63, 3.8) is 0 Å². The summed E-state index contributed by atoms with van der Waals surface area (Å²) in [4.78, 5) is 18.6. The number of amides is 1. The monoisotopic (exact) mass is 251 g/mol. The van der Waals surface area contributed by atoms with E-state index in [9.17, 15) is 4.79 Å². The number of nitrogens with zero attached hydrogens (tertiary/aromatic N) is 3. The molecule has 1 fully saturated rings. The first-order valence-corrected chi connectivity index (χ1v) is 5.99. The molecule has 0 radical (unpaired) electrons. The van der Waals surface area contributed by atoms with Crippen molar-refractivity contribution < 1.29 is 15.0 Å². The molecular weight excluding hydrogens is 234 g/mol. The minimum atomic E-state index is -0.860. The molecule has 98 valence electrons. The normalized spacial score (nSPS) is 15.8. The summed E-state index contributed by atoms with van der Waals surface area (Å²) < 4.78 is 0. The average molecular weight is 251 g/mol. The zero-order valence-electron chi connectivity index (χ0n) is 10.1. The number of carbonyl (C=O) groups is 1. The van der Waals surface area contributed by atoms with E-state index in [0.29, 0.717) is 32.6 Å². The van der Waals surface area contributed by atoms with E-state index in [0.717, 1.165) is 11.4 Å². The van der Waals surface area contributed by atoms with Gasteiger partial charge in [0.25, 0.3) is 0 Å².